The molecule has 1 aromatic heterocycles. The van der Waals surface area contributed by atoms with Crippen LogP contribution in [-0.4, -0.2) is 5.75 Å². The van der Waals surface area contributed by atoms with Crippen molar-refractivity contribution in [2.24, 2.45) is 0 Å². The Balaban J connectivity index is 2.84. The van der Waals surface area contributed by atoms with Crippen molar-refractivity contribution in [3.05, 3.63) is 21.9 Å². The summed E-state index contributed by atoms with van der Waals surface area (Å²) in [5.74, 6) is 6.57. The molecule has 0 fully saturated rings. The Morgan fingerprint density at radius 1 is 1.60 bits per heavy atom. The lowest BCUT2D eigenvalue weighted by Crippen LogP contribution is -1.71. The van der Waals surface area contributed by atoms with Crippen LogP contribution in [-0.2, 0) is 0 Å². The summed E-state index contributed by atoms with van der Waals surface area (Å²) in [5.41, 5.74) is 2.40. The van der Waals surface area contributed by atoms with Gasteiger partial charge in [-0.25, -0.2) is 0 Å². The van der Waals surface area contributed by atoms with Crippen LogP contribution in [0.15, 0.2) is 10.8 Å². The molecule has 0 bridgehead atoms. The Labute approximate surface area is 70.7 Å². The van der Waals surface area contributed by atoms with Crippen LogP contribution in [0.1, 0.15) is 11.1 Å². The molecule has 10 heavy (non-hydrogen) atoms. The molecule has 1 heterocycles. The van der Waals surface area contributed by atoms with Gasteiger partial charge in [-0.05, 0) is 17.9 Å². The maximum Gasteiger partial charge on any atom is 0.0521 e. The Kier molecular flexibility index (Phi) is 2.85. The minimum absolute atomic E-state index is 0.634. The maximum absolute atomic E-state index is 4.00. The molecule has 0 aromatic carbocycles. The number of thiol groups is 1. The fourth-order valence-electron chi connectivity index (χ4n) is 0.623. The van der Waals surface area contributed by atoms with Crippen molar-refractivity contribution in [3.8, 4) is 11.8 Å². The van der Waals surface area contributed by atoms with Gasteiger partial charge in [-0.15, -0.1) is 0 Å². The number of thiophene rings is 1. The lowest BCUT2D eigenvalue weighted by atomic mass is 10.2. The van der Waals surface area contributed by atoms with E-state index in [-0.39, 0.29) is 0 Å². The molecular weight excluding hydrogens is 160 g/mol. The molecule has 0 amide bonds. The van der Waals surface area contributed by atoms with Gasteiger partial charge in [0, 0.05) is 10.9 Å². The fraction of sp³-hybridized carbons (Fsp3) is 0.250. The van der Waals surface area contributed by atoms with E-state index in [2.05, 4.69) is 42.2 Å². The summed E-state index contributed by atoms with van der Waals surface area (Å²) in [7, 11) is 0. The van der Waals surface area contributed by atoms with Crippen molar-refractivity contribution < 1.29 is 0 Å². The maximum atomic E-state index is 4.00. The van der Waals surface area contributed by atoms with Crippen molar-refractivity contribution in [2.75, 3.05) is 5.75 Å². The first-order chi connectivity index (χ1) is 4.84. The molecule has 0 N–H and O–H groups in total. The predicted octanol–water partition coefficient (Wildman–Crippen LogP) is 2.34. The normalized spacial score (nSPS) is 8.60. The van der Waals surface area contributed by atoms with Crippen LogP contribution in [0.25, 0.3) is 0 Å². The van der Waals surface area contributed by atoms with Gasteiger partial charge in [-0.3, -0.25) is 0 Å². The van der Waals surface area contributed by atoms with Gasteiger partial charge < -0.3 is 0 Å². The molecule has 0 spiro atoms. The van der Waals surface area contributed by atoms with Crippen LogP contribution in [0.2, 0.25) is 0 Å². The summed E-state index contributed by atoms with van der Waals surface area (Å²) in [6.45, 7) is 2.07. The Hall–Kier alpha value is -0.390. The summed E-state index contributed by atoms with van der Waals surface area (Å²) in [4.78, 5) is 0. The van der Waals surface area contributed by atoms with E-state index in [1.807, 2.05) is 0 Å². The molecule has 0 atom stereocenters. The highest BCUT2D eigenvalue weighted by Gasteiger charge is 1.91. The van der Waals surface area contributed by atoms with E-state index in [1.165, 1.54) is 5.56 Å². The molecule has 0 radical (unpaired) electrons. The summed E-state index contributed by atoms with van der Waals surface area (Å²) in [6, 6.07) is 0. The van der Waals surface area contributed by atoms with Gasteiger partial charge in [0.1, 0.15) is 0 Å². The van der Waals surface area contributed by atoms with E-state index in [1.54, 1.807) is 11.3 Å². The van der Waals surface area contributed by atoms with Crippen molar-refractivity contribution in [1.29, 1.82) is 0 Å². The third-order valence-corrected chi connectivity index (χ3v) is 2.18. The zero-order valence-electron chi connectivity index (χ0n) is 5.72. The largest absolute Gasteiger partial charge is 0.166 e. The summed E-state index contributed by atoms with van der Waals surface area (Å²) >= 11 is 5.68. The molecule has 1 rings (SSSR count). The number of rotatable bonds is 0. The molecule has 2 heteroatoms. The third-order valence-electron chi connectivity index (χ3n) is 1.16. The quantitative estimate of drug-likeness (QED) is 0.446. The zero-order valence-corrected chi connectivity index (χ0v) is 7.43. The number of aryl methyl sites for hydroxylation is 1. The minimum Gasteiger partial charge on any atom is -0.166 e. The SMILES string of the molecule is Cc1cscc1C#CCS. The highest BCUT2D eigenvalue weighted by Crippen LogP contribution is 2.11. The Bertz CT molecular complexity index is 262. The van der Waals surface area contributed by atoms with Crippen molar-refractivity contribution in [2.45, 2.75) is 6.92 Å². The Morgan fingerprint density at radius 3 is 2.90 bits per heavy atom. The second-order valence-electron chi connectivity index (χ2n) is 1.93. The number of hydrogen-bond acceptors (Lipinski definition) is 2. The monoisotopic (exact) mass is 168 g/mol. The summed E-state index contributed by atoms with van der Waals surface area (Å²) < 4.78 is 0. The average Bonchev–Trinajstić information content (AvgIpc) is 2.31. The highest BCUT2D eigenvalue weighted by molar-refractivity contribution is 7.80. The van der Waals surface area contributed by atoms with Gasteiger partial charge in [0.15, 0.2) is 0 Å². The topological polar surface area (TPSA) is 0 Å². The average molecular weight is 168 g/mol. The molecule has 52 valence electrons. The van der Waals surface area contributed by atoms with Gasteiger partial charge in [0.05, 0.1) is 5.75 Å². The van der Waals surface area contributed by atoms with Crippen LogP contribution in [0.5, 0.6) is 0 Å². The van der Waals surface area contributed by atoms with Gasteiger partial charge >= 0.3 is 0 Å². The van der Waals surface area contributed by atoms with E-state index in [0.717, 1.165) is 5.56 Å². The molecular formula is C8H8S2. The van der Waals surface area contributed by atoms with Crippen LogP contribution < -0.4 is 0 Å². The van der Waals surface area contributed by atoms with Gasteiger partial charge in [0.25, 0.3) is 0 Å². The van der Waals surface area contributed by atoms with E-state index in [9.17, 15) is 0 Å². The molecule has 0 aliphatic heterocycles. The van der Waals surface area contributed by atoms with Crippen LogP contribution in [0, 0.1) is 18.8 Å². The lowest BCUT2D eigenvalue weighted by molar-refractivity contribution is 1.52. The molecule has 1 aromatic rings. The van der Waals surface area contributed by atoms with Crippen molar-refractivity contribution in [1.82, 2.24) is 0 Å². The lowest BCUT2D eigenvalue weighted by Gasteiger charge is -1.82. The second-order valence-corrected chi connectivity index (χ2v) is 2.99. The summed E-state index contributed by atoms with van der Waals surface area (Å²) in [6.07, 6.45) is 0. The minimum atomic E-state index is 0.634. The van der Waals surface area contributed by atoms with Gasteiger partial charge in [-0.1, -0.05) is 11.8 Å². The van der Waals surface area contributed by atoms with Crippen LogP contribution in [0.4, 0.5) is 0 Å². The standard InChI is InChI=1S/C8H8S2/c1-7-5-10-6-8(7)3-2-4-9/h5-6,9H,4H2,1H3. The second kappa shape index (κ2) is 3.70. The smallest absolute Gasteiger partial charge is 0.0521 e. The van der Waals surface area contributed by atoms with Crippen LogP contribution in [0.3, 0.4) is 0 Å². The van der Waals surface area contributed by atoms with Crippen LogP contribution >= 0.6 is 24.0 Å². The molecule has 0 aliphatic rings. The first-order valence-corrected chi connectivity index (χ1v) is 4.54. The molecule has 0 saturated carbocycles. The van der Waals surface area contributed by atoms with E-state index in [0.29, 0.717) is 5.75 Å². The molecule has 0 nitrogen and oxygen atoms in total. The van der Waals surface area contributed by atoms with Gasteiger partial charge in [0.2, 0.25) is 0 Å². The first-order valence-electron chi connectivity index (χ1n) is 2.97. The van der Waals surface area contributed by atoms with Crippen molar-refractivity contribution in [3.63, 3.8) is 0 Å². The Morgan fingerprint density at radius 2 is 2.40 bits per heavy atom. The summed E-state index contributed by atoms with van der Waals surface area (Å²) in [5, 5.41) is 4.16. The highest BCUT2D eigenvalue weighted by atomic mass is 32.1. The van der Waals surface area contributed by atoms with E-state index in [4.69, 9.17) is 0 Å². The zero-order chi connectivity index (χ0) is 7.40. The third kappa shape index (κ3) is 1.80. The number of hydrogen-bond donors (Lipinski definition) is 1. The molecule has 0 saturated heterocycles. The fourth-order valence-corrected chi connectivity index (χ4v) is 1.48. The van der Waals surface area contributed by atoms with E-state index < -0.39 is 0 Å². The van der Waals surface area contributed by atoms with Crippen molar-refractivity contribution >= 4 is 24.0 Å². The van der Waals surface area contributed by atoms with E-state index >= 15 is 0 Å². The van der Waals surface area contributed by atoms with Gasteiger partial charge in [-0.2, -0.15) is 24.0 Å². The molecule has 0 aliphatic carbocycles. The first kappa shape index (κ1) is 7.71. The predicted molar refractivity (Wildman–Crippen MR) is 49.8 cm³/mol. The molecule has 0 unspecified atom stereocenters.